The predicted molar refractivity (Wildman–Crippen MR) is 567 cm³/mol. The molecule has 14 rings (SSSR count). The highest BCUT2D eigenvalue weighted by Gasteiger charge is 2.44. The number of nitrogens with one attached hydrogen (secondary N) is 3. The van der Waals surface area contributed by atoms with E-state index in [0.29, 0.717) is 85.0 Å². The van der Waals surface area contributed by atoms with Gasteiger partial charge in [-0.25, -0.2) is 28.3 Å². The lowest BCUT2D eigenvalue weighted by Crippen LogP contribution is -2.48. The first kappa shape index (κ1) is 113. The number of thiophene rings is 4. The summed E-state index contributed by atoms with van der Waals surface area (Å²) in [5, 5.41) is 29.9. The number of phosphoric acid groups is 2. The number of hydrogen-bond acceptors (Lipinski definition) is 27. The van der Waals surface area contributed by atoms with Crippen molar-refractivity contribution in [3.8, 4) is 28.7 Å². The SMILES string of the molecule is CC(=O)C[C@@H](CCCCN)C(=O)N[C@H](C(=O)C[C@@H](CCCNC(N)=O)C(=O)Nc1ccc(COC(=O)N(C)CCN(C)C(=O)Oc2cc3c(c4c(C)csc24)[C@H](CCl)CN3C(=O)CCCC(=O)N2C[C@@H](CCl)c3c2cc(OP(=O)(O)O)c2scc(C)c32)cc1)C(C)C.Cc1csc2c(OC(=O)Oc3ccc([N+](=O)[O-])cc3)cc3c(c12)[C@H](CCl)CN3C(=O)CCCC(=O)N1C[C@@H](CCl)c2c1cc(OP(=O)(O)O)c1scc(C)c21. The van der Waals surface area contributed by atoms with Gasteiger partial charge in [-0.2, -0.15) is 0 Å². The molecule has 38 nitrogen and oxygen atoms in total. The quantitative estimate of drug-likeness (QED) is 0.00326. The molecule has 788 valence electrons. The van der Waals surface area contributed by atoms with Crippen molar-refractivity contribution < 1.29 is 119 Å². The maximum Gasteiger partial charge on any atom is 0.524 e. The highest BCUT2D eigenvalue weighted by atomic mass is 35.5. The second-order valence-corrected chi connectivity index (χ2v) is 44.2. The molecule has 0 unspecified atom stereocenters. The summed E-state index contributed by atoms with van der Waals surface area (Å²) in [5.74, 6) is -4.09. The minimum Gasteiger partial charge on any atom is -0.445 e. The third kappa shape index (κ3) is 27.0. The zero-order chi connectivity index (χ0) is 107. The van der Waals surface area contributed by atoms with Gasteiger partial charge in [-0.05, 0) is 181 Å². The van der Waals surface area contributed by atoms with Crippen LogP contribution in [-0.2, 0) is 58.8 Å². The Hall–Kier alpha value is -11.2. The number of nitrogens with zero attached hydrogens (tertiary/aromatic N) is 7. The maximum absolute atomic E-state index is 14.2. The number of phosphoric ester groups is 2. The number of primary amides is 1. The highest BCUT2D eigenvalue weighted by molar-refractivity contribution is 7.47. The summed E-state index contributed by atoms with van der Waals surface area (Å²) in [7, 11) is -6.82. The molecule has 0 fully saturated rings. The average molecular weight is 2220 g/mol. The summed E-state index contributed by atoms with van der Waals surface area (Å²) < 4.78 is 59.0. The number of nitrogens with two attached hydrogens (primary N) is 2. The zero-order valence-electron chi connectivity index (χ0n) is 81.8. The van der Waals surface area contributed by atoms with E-state index in [9.17, 15) is 96.4 Å². The van der Waals surface area contributed by atoms with E-state index in [0.717, 1.165) is 66.1 Å². The number of unbranched alkanes of at least 4 members (excludes halogenated alkanes) is 1. The number of anilines is 5. The first-order valence-electron chi connectivity index (χ1n) is 47.4. The number of carbonyl (C=O) groups is 12. The Morgan fingerprint density at radius 1 is 0.524 bits per heavy atom. The van der Waals surface area contributed by atoms with Crippen LogP contribution in [0.1, 0.15) is 178 Å². The van der Waals surface area contributed by atoms with E-state index in [-0.39, 0.29) is 233 Å². The molecular weight excluding hydrogens is 2110 g/mol. The van der Waals surface area contributed by atoms with Gasteiger partial charge < -0.3 is 89.6 Å². The molecule has 11 N–H and O–H groups in total. The molecule has 48 heteroatoms. The molecule has 6 aromatic carbocycles. The van der Waals surface area contributed by atoms with E-state index in [1.807, 2.05) is 49.2 Å². The number of carbonyl (C=O) groups excluding carboxylic acids is 12. The average Bonchev–Trinajstić information content (AvgIpc) is 1.59. The lowest BCUT2D eigenvalue weighted by Gasteiger charge is -2.26. The molecule has 0 saturated carbocycles. The number of hydrogen-bond donors (Lipinski definition) is 9. The van der Waals surface area contributed by atoms with Gasteiger partial charge in [0.15, 0.2) is 28.8 Å². The fraction of sp³-hybridized carbons (Fsp3) is 0.434. The molecule has 0 spiro atoms. The molecule has 8 heterocycles. The molecule has 0 radical (unpaired) electrons. The Labute approximate surface area is 882 Å². The Bertz CT molecular complexity index is 6820. The van der Waals surface area contributed by atoms with Crippen molar-refractivity contribution >= 4 is 253 Å². The molecular formula is C99H114Cl4N12O26P2S4. The second-order valence-electron chi connectivity index (χ2n) is 37.1. The van der Waals surface area contributed by atoms with Crippen molar-refractivity contribution in [1.82, 2.24) is 20.4 Å². The molecule has 4 aromatic heterocycles. The number of non-ortho nitro benzene ring substituents is 1. The van der Waals surface area contributed by atoms with Crippen LogP contribution in [0.3, 0.4) is 0 Å². The number of Topliss-reactive ketones (excluding diaryl/α,β-unsaturated/α-hetero) is 2. The number of ether oxygens (including phenoxy) is 4. The number of nitro groups is 1. The van der Waals surface area contributed by atoms with Crippen molar-refractivity contribution in [3.63, 3.8) is 0 Å². The monoisotopic (exact) mass is 2220 g/mol. The number of halogens is 4. The van der Waals surface area contributed by atoms with E-state index in [4.69, 9.17) is 85.9 Å². The molecule has 4 aliphatic heterocycles. The smallest absolute Gasteiger partial charge is 0.445 e. The van der Waals surface area contributed by atoms with Crippen molar-refractivity contribution in [2.75, 3.05) is 115 Å². The van der Waals surface area contributed by atoms with Crippen LogP contribution in [0.5, 0.6) is 28.7 Å². The van der Waals surface area contributed by atoms with Crippen molar-refractivity contribution in [2.24, 2.45) is 29.2 Å². The van der Waals surface area contributed by atoms with Gasteiger partial charge in [-0.3, -0.25) is 63.2 Å². The van der Waals surface area contributed by atoms with E-state index >= 15 is 0 Å². The lowest BCUT2D eigenvalue weighted by molar-refractivity contribution is -0.384. The van der Waals surface area contributed by atoms with E-state index < -0.39 is 74.6 Å². The first-order chi connectivity index (χ1) is 69.8. The van der Waals surface area contributed by atoms with Crippen LogP contribution < -0.4 is 70.3 Å². The Kier molecular flexibility index (Phi) is 38.1. The number of aryl methyl sites for hydroxylation is 4. The topological polar surface area (TPSA) is 526 Å². The summed E-state index contributed by atoms with van der Waals surface area (Å²) in [5.41, 5.74) is 20.5. The van der Waals surface area contributed by atoms with Crippen molar-refractivity contribution in [2.45, 2.75) is 168 Å². The number of urea groups is 1. The second kappa shape index (κ2) is 49.5. The lowest BCUT2D eigenvalue weighted by atomic mass is 9.88. The number of fused-ring (bicyclic) bond motifs is 12. The summed E-state index contributed by atoms with van der Waals surface area (Å²) in [6.45, 7) is 14.2. The molecule has 10 amide bonds. The molecule has 147 heavy (non-hydrogen) atoms. The number of ketones is 2. The van der Waals surface area contributed by atoms with Crippen molar-refractivity contribution in [3.05, 3.63) is 155 Å². The standard InChI is InChI=1S/C63H82Cl2N9O15PS2.C36H32Cl2N3O11PS2/c1-35(2)56(70-60(80)40(24-38(5)75)12-8-9-20-66)47(76)25-41(13-11-21-68-61(67)81)59(79)69-44-18-16-39(17-19-44)32-87-62(82)71(6)22-23-72(7)63(83)88-48-26-45-54(52-36(3)33-91-57(48)52)42(28-64)30-73(45)50(77)14-10-15-51(78)74-31-43(29-65)55-46(74)27-49(89-90(84,85)86)58-53(55)37(4)34-92-58;1-18-16-54-34-26(51-36(44)50-23-8-6-22(7-9-23)41(45)46)10-24-32(30(18)34)20(12-37)14-39(24)28(42)4-3-5-29(43)40-15-21(13-38)33-25(40)11-27(52-53(47,48)49)35-31(33)19(2)17-55-35/h16-19,26-27,33-35,40-43,56H,8-15,20-25,28-32,66H2,1-7H3,(H,69,79)(H,70,80)(H3,67,68,81)(H2,84,85,86);6-11,16-17,20-21H,3-5,12-15H2,1-2H3,(H2,47,48,49)/t40-,41-,42-,43-,56+;20-,21-/m11/s1. The van der Waals surface area contributed by atoms with Crippen LogP contribution in [0.15, 0.2) is 94.3 Å². The molecule has 0 bridgehead atoms. The number of nitro benzene ring substituents is 1. The number of likely N-dealkylation sites (N-methyl/N-ethyl adjacent to an activating group) is 2. The molecule has 10 aromatic rings. The highest BCUT2D eigenvalue weighted by Crippen LogP contribution is 2.57. The maximum atomic E-state index is 14.2. The first-order valence-corrected chi connectivity index (χ1v) is 56.1. The number of rotatable bonds is 43. The van der Waals surface area contributed by atoms with Gasteiger partial charge in [-0.15, -0.1) is 91.8 Å². The van der Waals surface area contributed by atoms with Gasteiger partial charge in [0.05, 0.1) is 52.5 Å². The predicted octanol–water partition coefficient (Wildman–Crippen LogP) is 18.8. The van der Waals surface area contributed by atoms with Gasteiger partial charge in [0.2, 0.25) is 35.4 Å². The summed E-state index contributed by atoms with van der Waals surface area (Å²) in [4.78, 5) is 218. The third-order valence-corrected chi connectivity index (χ3v) is 32.9. The zero-order valence-corrected chi connectivity index (χ0v) is 89.9. The van der Waals surface area contributed by atoms with E-state index in [2.05, 4.69) is 16.0 Å². The largest absolute Gasteiger partial charge is 0.524 e. The Morgan fingerprint density at radius 3 is 1.29 bits per heavy atom. The van der Waals surface area contributed by atoms with Gasteiger partial charge in [0, 0.05) is 221 Å². The van der Waals surface area contributed by atoms with Crippen LogP contribution in [-0.4, -0.2) is 202 Å². The number of alkyl halides is 4. The number of amides is 10. The molecule has 4 aliphatic rings. The van der Waals surface area contributed by atoms with E-state index in [1.54, 1.807) is 69.8 Å². The molecule has 0 aliphatic carbocycles. The summed E-state index contributed by atoms with van der Waals surface area (Å²) in [6, 6.07) is 16.1. The fourth-order valence-corrected chi connectivity index (χ4v) is 25.0. The van der Waals surface area contributed by atoms with E-state index in [1.165, 1.54) is 113 Å². The molecule has 7 atom stereocenters. The fourth-order valence-electron chi connectivity index (χ4n) is 19.0. The Balaban J connectivity index is 0.000000278. The van der Waals surface area contributed by atoms with Crippen LogP contribution in [0.2, 0.25) is 0 Å². The van der Waals surface area contributed by atoms with Crippen LogP contribution in [0.25, 0.3) is 40.3 Å². The number of benzene rings is 6. The van der Waals surface area contributed by atoms with Gasteiger partial charge in [0.25, 0.3) is 5.69 Å². The minimum absolute atomic E-state index is 0.000671. The minimum atomic E-state index is -4.95. The Morgan fingerprint density at radius 2 is 0.912 bits per heavy atom. The third-order valence-electron chi connectivity index (χ3n) is 26.1. The van der Waals surface area contributed by atoms with Crippen LogP contribution in [0, 0.1) is 55.6 Å². The molecule has 0 saturated heterocycles. The summed E-state index contributed by atoms with van der Waals surface area (Å²) in [6.07, 6.45) is -0.0647. The van der Waals surface area contributed by atoms with Crippen LogP contribution >= 0.6 is 107 Å². The van der Waals surface area contributed by atoms with Crippen molar-refractivity contribution in [1.29, 1.82) is 0 Å². The summed E-state index contributed by atoms with van der Waals surface area (Å²) >= 11 is 31.2. The van der Waals surface area contributed by atoms with Gasteiger partial charge in [0.1, 0.15) is 18.1 Å². The van der Waals surface area contributed by atoms with Gasteiger partial charge in [-0.1, -0.05) is 32.4 Å². The normalized spacial score (nSPS) is 15.7. The van der Waals surface area contributed by atoms with Gasteiger partial charge >= 0.3 is 40.0 Å². The van der Waals surface area contributed by atoms with Crippen LogP contribution in [0.4, 0.5) is 53.3 Å².